The van der Waals surface area contributed by atoms with Crippen LogP contribution in [0.25, 0.3) is 22.6 Å². The minimum Gasteiger partial charge on any atom is -0.416 e. The number of rotatable bonds is 3. The van der Waals surface area contributed by atoms with E-state index >= 15 is 0 Å². The van der Waals surface area contributed by atoms with Crippen LogP contribution < -0.4 is 0 Å². The Bertz CT molecular complexity index is 1090. The van der Waals surface area contributed by atoms with Crippen LogP contribution >= 0.6 is 0 Å². The molecule has 4 rings (SSSR count). The number of hydrogen-bond donors (Lipinski definition) is 0. The maximum Gasteiger partial charge on any atom is 0.248 e. The van der Waals surface area contributed by atoms with Gasteiger partial charge in [0.2, 0.25) is 11.8 Å². The zero-order chi connectivity index (χ0) is 20.4. The Morgan fingerprint density at radius 3 is 2.21 bits per heavy atom. The van der Waals surface area contributed by atoms with Gasteiger partial charge in [0.05, 0.1) is 0 Å². The van der Waals surface area contributed by atoms with Crippen molar-refractivity contribution in [1.29, 1.82) is 0 Å². The quantitative estimate of drug-likeness (QED) is 0.497. The van der Waals surface area contributed by atoms with Gasteiger partial charge in [0.25, 0.3) is 0 Å². The van der Waals surface area contributed by atoms with Crippen molar-refractivity contribution in [2.24, 2.45) is 0 Å². The molecule has 0 spiro atoms. The number of allylic oxidation sites excluding steroid dienone is 6. The Balaban J connectivity index is 1.64. The van der Waals surface area contributed by atoms with Gasteiger partial charge in [-0.25, -0.2) is 0 Å². The molecule has 146 valence electrons. The lowest BCUT2D eigenvalue weighted by molar-refractivity contribution is 0.553. The smallest absolute Gasteiger partial charge is 0.248 e. The topological polar surface area (TPSA) is 38.9 Å². The van der Waals surface area contributed by atoms with Gasteiger partial charge >= 0.3 is 0 Å². The summed E-state index contributed by atoms with van der Waals surface area (Å²) in [6.45, 7) is 8.71. The van der Waals surface area contributed by atoms with E-state index < -0.39 is 0 Å². The lowest BCUT2D eigenvalue weighted by Crippen LogP contribution is -2.10. The van der Waals surface area contributed by atoms with Gasteiger partial charge in [-0.1, -0.05) is 81.5 Å². The van der Waals surface area contributed by atoms with Crippen LogP contribution in [0.4, 0.5) is 0 Å². The molecule has 1 aromatic heterocycles. The first-order valence-electron chi connectivity index (χ1n) is 10.00. The lowest BCUT2D eigenvalue weighted by Gasteiger charge is -2.18. The second-order valence-corrected chi connectivity index (χ2v) is 8.48. The first-order chi connectivity index (χ1) is 13.9. The SMILES string of the molecule is CC1=C(c2nnc(-c3ccc(C(C)(C)C)cc3)o2)C=CCC(c2ccccc2)=C1. The molecule has 0 radical (unpaired) electrons. The van der Waals surface area contributed by atoms with Crippen LogP contribution in [0.1, 0.15) is 51.1 Å². The van der Waals surface area contributed by atoms with E-state index in [1.54, 1.807) is 0 Å². The Labute approximate surface area is 172 Å². The van der Waals surface area contributed by atoms with Crippen molar-refractivity contribution in [2.45, 2.75) is 39.5 Å². The minimum atomic E-state index is 0.119. The van der Waals surface area contributed by atoms with Gasteiger partial charge in [0.15, 0.2) is 0 Å². The molecule has 1 aliphatic rings. The Morgan fingerprint density at radius 1 is 0.828 bits per heavy atom. The summed E-state index contributed by atoms with van der Waals surface area (Å²) in [6.07, 6.45) is 7.33. The highest BCUT2D eigenvalue weighted by molar-refractivity contribution is 5.81. The molecular weight excluding hydrogens is 356 g/mol. The number of nitrogens with zero attached hydrogens (tertiary/aromatic N) is 2. The van der Waals surface area contributed by atoms with Gasteiger partial charge in [-0.2, -0.15) is 0 Å². The molecule has 3 nitrogen and oxygen atoms in total. The zero-order valence-corrected chi connectivity index (χ0v) is 17.4. The molecule has 0 atom stereocenters. The van der Waals surface area contributed by atoms with E-state index in [-0.39, 0.29) is 5.41 Å². The maximum atomic E-state index is 6.04. The molecule has 0 saturated carbocycles. The van der Waals surface area contributed by atoms with Crippen molar-refractivity contribution in [3.05, 3.63) is 95.4 Å². The average molecular weight is 383 g/mol. The van der Waals surface area contributed by atoms with Crippen LogP contribution in [-0.4, -0.2) is 10.2 Å². The summed E-state index contributed by atoms with van der Waals surface area (Å²) in [6, 6.07) is 18.8. The van der Waals surface area contributed by atoms with Crippen molar-refractivity contribution in [1.82, 2.24) is 10.2 Å². The van der Waals surface area contributed by atoms with Crippen LogP contribution in [0.3, 0.4) is 0 Å². The number of hydrogen-bond acceptors (Lipinski definition) is 3. The fourth-order valence-electron chi connectivity index (χ4n) is 3.49. The Kier molecular flexibility index (Phi) is 5.06. The van der Waals surface area contributed by atoms with Crippen LogP contribution in [0, 0.1) is 0 Å². The van der Waals surface area contributed by atoms with Crippen LogP contribution in [0.2, 0.25) is 0 Å². The second-order valence-electron chi connectivity index (χ2n) is 8.48. The van der Waals surface area contributed by atoms with E-state index in [0.29, 0.717) is 11.8 Å². The fraction of sp³-hybridized carbons (Fsp3) is 0.231. The molecule has 1 heterocycles. The van der Waals surface area contributed by atoms with Crippen LogP contribution in [0.5, 0.6) is 0 Å². The van der Waals surface area contributed by atoms with Gasteiger partial charge in [-0.15, -0.1) is 10.2 Å². The second kappa shape index (κ2) is 7.67. The zero-order valence-electron chi connectivity index (χ0n) is 17.4. The molecular formula is C26H26N2O. The normalized spacial score (nSPS) is 14.7. The first-order valence-corrected chi connectivity index (χ1v) is 10.00. The van der Waals surface area contributed by atoms with Gasteiger partial charge in [0, 0.05) is 11.1 Å². The standard InChI is InChI=1S/C26H26N2O/c1-18-17-21(19-9-6-5-7-10-19)11-8-12-23(18)25-28-27-24(29-25)20-13-15-22(16-14-20)26(2,3)4/h5-10,12-17H,11H2,1-4H3. The van der Waals surface area contributed by atoms with E-state index in [9.17, 15) is 0 Å². The van der Waals surface area contributed by atoms with E-state index in [0.717, 1.165) is 23.1 Å². The van der Waals surface area contributed by atoms with Crippen molar-refractivity contribution < 1.29 is 4.42 Å². The summed E-state index contributed by atoms with van der Waals surface area (Å²) < 4.78 is 6.04. The van der Waals surface area contributed by atoms with E-state index in [1.165, 1.54) is 16.7 Å². The molecule has 0 aliphatic heterocycles. The third-order valence-electron chi connectivity index (χ3n) is 5.24. The highest BCUT2D eigenvalue weighted by Gasteiger charge is 2.17. The summed E-state index contributed by atoms with van der Waals surface area (Å²) in [5.74, 6) is 1.10. The van der Waals surface area contributed by atoms with Gasteiger partial charge in [0.1, 0.15) is 0 Å². The summed E-state index contributed by atoms with van der Waals surface area (Å²) in [4.78, 5) is 0. The molecule has 3 aromatic rings. The Morgan fingerprint density at radius 2 is 1.52 bits per heavy atom. The summed E-state index contributed by atoms with van der Waals surface area (Å²) >= 11 is 0. The molecule has 0 N–H and O–H groups in total. The van der Waals surface area contributed by atoms with Crippen molar-refractivity contribution in [2.75, 3.05) is 0 Å². The number of benzene rings is 2. The fourth-order valence-corrected chi connectivity index (χ4v) is 3.49. The van der Waals surface area contributed by atoms with E-state index in [4.69, 9.17) is 4.42 Å². The lowest BCUT2D eigenvalue weighted by atomic mass is 9.87. The third kappa shape index (κ3) is 4.14. The van der Waals surface area contributed by atoms with Crippen LogP contribution in [-0.2, 0) is 5.41 Å². The molecule has 29 heavy (non-hydrogen) atoms. The highest BCUT2D eigenvalue weighted by atomic mass is 16.4. The average Bonchev–Trinajstić information content (AvgIpc) is 3.12. The predicted octanol–water partition coefficient (Wildman–Crippen LogP) is 6.85. The van der Waals surface area contributed by atoms with Crippen molar-refractivity contribution >= 4 is 11.1 Å². The highest BCUT2D eigenvalue weighted by Crippen LogP contribution is 2.31. The summed E-state index contributed by atoms with van der Waals surface area (Å²) in [7, 11) is 0. The van der Waals surface area contributed by atoms with Gasteiger partial charge in [-0.05, 0) is 53.2 Å². The first kappa shape index (κ1) is 19.1. The molecule has 0 unspecified atom stereocenters. The molecule has 2 aromatic carbocycles. The largest absolute Gasteiger partial charge is 0.416 e. The molecule has 0 fully saturated rings. The number of aromatic nitrogens is 2. The van der Waals surface area contributed by atoms with E-state index in [2.05, 4.69) is 105 Å². The van der Waals surface area contributed by atoms with Gasteiger partial charge in [-0.3, -0.25) is 0 Å². The monoisotopic (exact) mass is 382 g/mol. The summed E-state index contributed by atoms with van der Waals surface area (Å²) in [5, 5.41) is 8.61. The van der Waals surface area contributed by atoms with Crippen molar-refractivity contribution in [3.8, 4) is 11.5 Å². The van der Waals surface area contributed by atoms with Crippen molar-refractivity contribution in [3.63, 3.8) is 0 Å². The molecule has 3 heteroatoms. The van der Waals surface area contributed by atoms with Gasteiger partial charge < -0.3 is 4.42 Å². The van der Waals surface area contributed by atoms with Crippen LogP contribution in [0.15, 0.2) is 82.8 Å². The minimum absolute atomic E-state index is 0.119. The van der Waals surface area contributed by atoms with E-state index in [1.807, 2.05) is 6.07 Å². The maximum absolute atomic E-state index is 6.04. The Hall–Kier alpha value is -3.20. The molecule has 0 amide bonds. The predicted molar refractivity (Wildman–Crippen MR) is 119 cm³/mol. The summed E-state index contributed by atoms with van der Waals surface area (Å²) in [5.41, 5.74) is 6.96. The third-order valence-corrected chi connectivity index (χ3v) is 5.24. The molecule has 0 bridgehead atoms. The molecule has 0 saturated heterocycles. The molecule has 1 aliphatic carbocycles.